The Morgan fingerprint density at radius 3 is 2.43 bits per heavy atom. The van der Waals surface area contributed by atoms with Crippen molar-refractivity contribution in [3.8, 4) is 0 Å². The highest BCUT2D eigenvalue weighted by atomic mass is 19.4. The topological polar surface area (TPSA) is 125 Å². The van der Waals surface area contributed by atoms with Gasteiger partial charge in [-0.3, -0.25) is 19.7 Å². The van der Waals surface area contributed by atoms with Crippen LogP contribution in [0.5, 0.6) is 0 Å². The van der Waals surface area contributed by atoms with E-state index in [0.717, 1.165) is 5.56 Å². The van der Waals surface area contributed by atoms with Crippen LogP contribution in [0.2, 0.25) is 0 Å². The Balaban J connectivity index is 2.11. The van der Waals surface area contributed by atoms with Crippen LogP contribution in [0.25, 0.3) is 0 Å². The molecule has 206 valence electrons. The second kappa shape index (κ2) is 14.6. The van der Waals surface area contributed by atoms with Crippen molar-refractivity contribution >= 4 is 23.8 Å². The zero-order valence-corrected chi connectivity index (χ0v) is 20.8. The Morgan fingerprint density at radius 1 is 1.11 bits per heavy atom. The summed E-state index contributed by atoms with van der Waals surface area (Å²) in [5.41, 5.74) is 0.979. The molecule has 1 saturated heterocycles. The quantitative estimate of drug-likeness (QED) is 0.250. The van der Waals surface area contributed by atoms with E-state index in [4.69, 9.17) is 4.74 Å². The van der Waals surface area contributed by atoms with Gasteiger partial charge in [-0.25, -0.2) is 4.79 Å². The number of benzene rings is 1. The second-order valence-electron chi connectivity index (χ2n) is 8.83. The third-order valence-corrected chi connectivity index (χ3v) is 6.12. The van der Waals surface area contributed by atoms with E-state index >= 15 is 0 Å². The number of esters is 1. The first-order valence-corrected chi connectivity index (χ1v) is 12.4. The normalized spacial score (nSPS) is 17.2. The van der Waals surface area contributed by atoms with E-state index in [1.54, 1.807) is 12.2 Å². The molecule has 2 amide bonds. The molecule has 37 heavy (non-hydrogen) atoms. The molecule has 3 N–H and O–H groups in total. The van der Waals surface area contributed by atoms with Crippen LogP contribution in [-0.2, 0) is 30.3 Å². The molecule has 0 aliphatic carbocycles. The summed E-state index contributed by atoms with van der Waals surface area (Å²) in [6, 6.07) is 6.62. The maximum Gasteiger partial charge on any atom is 0.471 e. The third-order valence-electron chi connectivity index (χ3n) is 6.12. The molecule has 1 aliphatic heterocycles. The van der Waals surface area contributed by atoms with Crippen molar-refractivity contribution in [3.05, 3.63) is 35.9 Å². The molecule has 12 heteroatoms. The van der Waals surface area contributed by atoms with Gasteiger partial charge in [0.1, 0.15) is 12.1 Å². The lowest BCUT2D eigenvalue weighted by Gasteiger charge is -2.30. The highest BCUT2D eigenvalue weighted by Gasteiger charge is 2.39. The number of carbonyl (C=O) groups excluding carboxylic acids is 3. The average Bonchev–Trinajstić information content (AvgIpc) is 3.35. The molecule has 1 aliphatic rings. The third kappa shape index (κ3) is 9.67. The standard InChI is InChI=1S/C25H34F3N3O6/c1-2-37-23(35)19(14-13-17-9-4-3-5-10-17)30-18(11-6-7-15-29-24(36)25(26,27)28)21(32)31-16-8-12-20(31)22(33)34/h3-5,9-10,18-20,30H,2,6-8,11-16H2,1H3,(H,29,36)(H,33,34)/t18-,19-,20-/m1/s1. The van der Waals surface area contributed by atoms with Crippen molar-refractivity contribution in [2.45, 2.75) is 76.2 Å². The number of nitrogens with one attached hydrogen (secondary N) is 2. The number of unbranched alkanes of at least 4 members (excludes halogenated alkanes) is 1. The summed E-state index contributed by atoms with van der Waals surface area (Å²) in [6.45, 7) is 1.80. The van der Waals surface area contributed by atoms with Crippen molar-refractivity contribution in [1.29, 1.82) is 0 Å². The van der Waals surface area contributed by atoms with Gasteiger partial charge < -0.3 is 20.1 Å². The molecule has 2 rings (SSSR count). The molecule has 0 aromatic heterocycles. The highest BCUT2D eigenvalue weighted by Crippen LogP contribution is 2.21. The number of ether oxygens (including phenoxy) is 1. The van der Waals surface area contributed by atoms with Gasteiger partial charge >= 0.3 is 24.0 Å². The fourth-order valence-corrected chi connectivity index (χ4v) is 4.25. The minimum absolute atomic E-state index is 0.130. The Bertz CT molecular complexity index is 913. The number of rotatable bonds is 14. The van der Waals surface area contributed by atoms with E-state index in [1.165, 1.54) is 4.90 Å². The summed E-state index contributed by atoms with van der Waals surface area (Å²) in [5, 5.41) is 14.3. The molecular formula is C25H34F3N3O6. The van der Waals surface area contributed by atoms with Crippen LogP contribution in [0.15, 0.2) is 30.3 Å². The fraction of sp³-hybridized carbons (Fsp3) is 0.600. The summed E-state index contributed by atoms with van der Waals surface area (Å²) in [6.07, 6.45) is -2.77. The number of aryl methyl sites for hydroxylation is 1. The van der Waals surface area contributed by atoms with E-state index in [-0.39, 0.29) is 39.0 Å². The molecule has 0 bridgehead atoms. The number of carboxylic acids is 1. The van der Waals surface area contributed by atoms with Gasteiger partial charge in [-0.1, -0.05) is 30.3 Å². The first-order valence-electron chi connectivity index (χ1n) is 12.4. The largest absolute Gasteiger partial charge is 0.480 e. The number of hydrogen-bond acceptors (Lipinski definition) is 6. The number of aliphatic carboxylic acids is 1. The molecule has 1 aromatic rings. The number of nitrogens with zero attached hydrogens (tertiary/aromatic N) is 1. The molecule has 9 nitrogen and oxygen atoms in total. The monoisotopic (exact) mass is 529 g/mol. The average molecular weight is 530 g/mol. The molecular weight excluding hydrogens is 495 g/mol. The number of alkyl halides is 3. The minimum Gasteiger partial charge on any atom is -0.480 e. The SMILES string of the molecule is CCOC(=O)[C@@H](CCc1ccccc1)N[C@H](CCCCNC(=O)C(F)(F)F)C(=O)N1CCC[C@@H]1C(=O)O. The van der Waals surface area contributed by atoms with E-state index in [1.807, 2.05) is 30.3 Å². The van der Waals surface area contributed by atoms with Crippen LogP contribution in [0.3, 0.4) is 0 Å². The lowest BCUT2D eigenvalue weighted by molar-refractivity contribution is -0.173. The summed E-state index contributed by atoms with van der Waals surface area (Å²) in [5.74, 6) is -4.20. The maximum atomic E-state index is 13.4. The molecule has 1 aromatic carbocycles. The number of carboxylic acid groups (broad SMARTS) is 1. The molecule has 1 heterocycles. The Morgan fingerprint density at radius 2 is 1.81 bits per heavy atom. The van der Waals surface area contributed by atoms with Gasteiger partial charge in [0, 0.05) is 13.1 Å². The van der Waals surface area contributed by atoms with Crippen molar-refractivity contribution in [1.82, 2.24) is 15.5 Å². The smallest absolute Gasteiger partial charge is 0.471 e. The zero-order valence-electron chi connectivity index (χ0n) is 20.8. The predicted molar refractivity (Wildman–Crippen MR) is 127 cm³/mol. The number of halogens is 3. The van der Waals surface area contributed by atoms with Gasteiger partial charge in [0.25, 0.3) is 0 Å². The predicted octanol–water partition coefficient (Wildman–Crippen LogP) is 2.43. The van der Waals surface area contributed by atoms with Crippen molar-refractivity contribution < 1.29 is 42.2 Å². The van der Waals surface area contributed by atoms with Gasteiger partial charge in [-0.2, -0.15) is 13.2 Å². The number of amides is 2. The van der Waals surface area contributed by atoms with Crippen LogP contribution >= 0.6 is 0 Å². The Kier molecular flexibility index (Phi) is 11.8. The molecule has 0 radical (unpaired) electrons. The van der Waals surface area contributed by atoms with E-state index in [9.17, 15) is 37.5 Å². The summed E-state index contributed by atoms with van der Waals surface area (Å²) < 4.78 is 42.3. The van der Waals surface area contributed by atoms with Crippen LogP contribution in [0, 0.1) is 0 Å². The van der Waals surface area contributed by atoms with Gasteiger partial charge in [0.2, 0.25) is 5.91 Å². The Hall–Kier alpha value is -3.15. The van der Waals surface area contributed by atoms with Crippen molar-refractivity contribution in [3.63, 3.8) is 0 Å². The highest BCUT2D eigenvalue weighted by molar-refractivity contribution is 5.88. The Labute approximate surface area is 213 Å². The lowest BCUT2D eigenvalue weighted by atomic mass is 10.0. The second-order valence-corrected chi connectivity index (χ2v) is 8.83. The van der Waals surface area contributed by atoms with E-state index in [0.29, 0.717) is 25.7 Å². The first kappa shape index (κ1) is 30.1. The minimum atomic E-state index is -4.98. The van der Waals surface area contributed by atoms with Gasteiger partial charge in [-0.05, 0) is 57.4 Å². The van der Waals surface area contributed by atoms with Crippen LogP contribution in [0.1, 0.15) is 51.0 Å². The number of hydrogen-bond donors (Lipinski definition) is 3. The van der Waals surface area contributed by atoms with Crippen molar-refractivity contribution in [2.24, 2.45) is 0 Å². The molecule has 0 spiro atoms. The van der Waals surface area contributed by atoms with Crippen LogP contribution in [-0.4, -0.2) is 77.8 Å². The lowest BCUT2D eigenvalue weighted by Crippen LogP contribution is -2.54. The summed E-state index contributed by atoms with van der Waals surface area (Å²) in [4.78, 5) is 50.0. The molecule has 0 saturated carbocycles. The zero-order chi connectivity index (χ0) is 27.4. The van der Waals surface area contributed by atoms with Gasteiger partial charge in [-0.15, -0.1) is 0 Å². The summed E-state index contributed by atoms with van der Waals surface area (Å²) >= 11 is 0. The van der Waals surface area contributed by atoms with Crippen LogP contribution in [0.4, 0.5) is 13.2 Å². The van der Waals surface area contributed by atoms with Gasteiger partial charge in [0.15, 0.2) is 0 Å². The molecule has 3 atom stereocenters. The summed E-state index contributed by atoms with van der Waals surface area (Å²) in [7, 11) is 0. The molecule has 1 fully saturated rings. The van der Waals surface area contributed by atoms with E-state index < -0.39 is 48.1 Å². The van der Waals surface area contributed by atoms with Crippen molar-refractivity contribution in [2.75, 3.05) is 19.7 Å². The fourth-order valence-electron chi connectivity index (χ4n) is 4.25. The number of likely N-dealkylation sites (tertiary alicyclic amines) is 1. The number of carbonyl (C=O) groups is 4. The first-order chi connectivity index (χ1) is 17.5. The van der Waals surface area contributed by atoms with Gasteiger partial charge in [0.05, 0.1) is 12.6 Å². The molecule has 0 unspecified atom stereocenters. The van der Waals surface area contributed by atoms with E-state index in [2.05, 4.69) is 5.32 Å². The maximum absolute atomic E-state index is 13.4. The van der Waals surface area contributed by atoms with Crippen LogP contribution < -0.4 is 10.6 Å².